The van der Waals surface area contributed by atoms with Gasteiger partial charge in [0.2, 0.25) is 11.8 Å². The first-order valence-electron chi connectivity index (χ1n) is 21.4. The molecule has 0 fully saturated rings. The molecule has 0 bridgehead atoms. The van der Waals surface area contributed by atoms with Gasteiger partial charge < -0.3 is 20.2 Å². The van der Waals surface area contributed by atoms with E-state index in [-0.39, 0.29) is 12.8 Å². The molecule has 2 amide bonds. The molecule has 0 saturated carbocycles. The summed E-state index contributed by atoms with van der Waals surface area (Å²) >= 11 is 0. The number of rotatable bonds is 39. The summed E-state index contributed by atoms with van der Waals surface area (Å²) in [7, 11) is -4.85. The fourth-order valence-electron chi connectivity index (χ4n) is 6.11. The summed E-state index contributed by atoms with van der Waals surface area (Å²) in [5.41, 5.74) is 0. The number of unbranched alkanes of at least 4 members (excludes halogenated alkanes) is 22. The Labute approximate surface area is 328 Å². The molecular formula is C42H78NO10P. The summed E-state index contributed by atoms with van der Waals surface area (Å²) in [4.78, 5) is 49.6. The van der Waals surface area contributed by atoms with Gasteiger partial charge in [-0.3, -0.25) is 23.5 Å². The Morgan fingerprint density at radius 3 is 1.26 bits per heavy atom. The molecule has 0 heterocycles. The summed E-state index contributed by atoms with van der Waals surface area (Å²) in [5, 5.41) is 28.3. The van der Waals surface area contributed by atoms with Crippen LogP contribution in [0.3, 0.4) is 0 Å². The number of imide groups is 1. The van der Waals surface area contributed by atoms with Crippen molar-refractivity contribution in [1.82, 2.24) is 4.90 Å². The minimum absolute atomic E-state index is 0.0317. The van der Waals surface area contributed by atoms with E-state index in [0.29, 0.717) is 17.7 Å². The fourth-order valence-corrected chi connectivity index (χ4v) is 6.88. The van der Waals surface area contributed by atoms with E-state index in [4.69, 9.17) is 9.63 Å². The van der Waals surface area contributed by atoms with E-state index in [1.165, 1.54) is 77.0 Å². The normalized spacial score (nSPS) is 14.1. The van der Waals surface area contributed by atoms with E-state index < -0.39 is 57.6 Å². The zero-order valence-corrected chi connectivity index (χ0v) is 34.9. The van der Waals surface area contributed by atoms with Crippen LogP contribution in [0.15, 0.2) is 24.3 Å². The highest BCUT2D eigenvalue weighted by Gasteiger charge is 2.37. The molecule has 12 heteroatoms. The van der Waals surface area contributed by atoms with Gasteiger partial charge in [-0.05, 0) is 64.2 Å². The van der Waals surface area contributed by atoms with Gasteiger partial charge in [0.1, 0.15) is 6.10 Å². The van der Waals surface area contributed by atoms with Crippen LogP contribution in [0.2, 0.25) is 0 Å². The Hall–Kier alpha value is -1.88. The number of phosphoric ester groups is 1. The van der Waals surface area contributed by atoms with Crippen molar-refractivity contribution in [2.24, 2.45) is 0 Å². The molecule has 4 N–H and O–H groups in total. The van der Waals surface area contributed by atoms with Crippen molar-refractivity contribution in [1.29, 1.82) is 0 Å². The van der Waals surface area contributed by atoms with Gasteiger partial charge in [0.05, 0.1) is 19.8 Å². The number of aliphatic hydroxyl groups excluding tert-OH is 2. The minimum atomic E-state index is -4.85. The maximum absolute atomic E-state index is 13.4. The molecule has 3 atom stereocenters. The highest BCUT2D eigenvalue weighted by molar-refractivity contribution is 7.47. The SMILES string of the molecule is CCCCCCCC/C=C\CCCCCCCC(=O)N(C(=O)CCCCCCC/C=C\CCCCCCCC)[C@@H](COP(=O)(O)OCC(O)CO)C(=O)O. The number of carbonyl (C=O) groups is 3. The lowest BCUT2D eigenvalue weighted by Gasteiger charge is -2.28. The topological polar surface area (TPSA) is 171 Å². The van der Waals surface area contributed by atoms with Crippen LogP contribution < -0.4 is 0 Å². The lowest BCUT2D eigenvalue weighted by Crippen LogP contribution is -2.50. The molecule has 2 unspecified atom stereocenters. The number of aliphatic carboxylic acids is 1. The van der Waals surface area contributed by atoms with Crippen molar-refractivity contribution in [3.63, 3.8) is 0 Å². The fraction of sp³-hybridized carbons (Fsp3) is 0.833. The quantitative estimate of drug-likeness (QED) is 0.0267. The third-order valence-electron chi connectivity index (χ3n) is 9.48. The Morgan fingerprint density at radius 2 is 0.907 bits per heavy atom. The molecule has 316 valence electrons. The molecule has 0 aliphatic rings. The number of hydrogen-bond donors (Lipinski definition) is 4. The van der Waals surface area contributed by atoms with Crippen molar-refractivity contribution in [3.8, 4) is 0 Å². The summed E-state index contributed by atoms with van der Waals surface area (Å²) < 4.78 is 21.8. The van der Waals surface area contributed by atoms with Crippen molar-refractivity contribution in [2.45, 2.75) is 206 Å². The average molecular weight is 788 g/mol. The van der Waals surface area contributed by atoms with Gasteiger partial charge in [0, 0.05) is 12.8 Å². The molecule has 0 aliphatic carbocycles. The summed E-state index contributed by atoms with van der Waals surface area (Å²) in [6.45, 7) is 2.04. The predicted octanol–water partition coefficient (Wildman–Crippen LogP) is 10.4. The van der Waals surface area contributed by atoms with Crippen molar-refractivity contribution in [3.05, 3.63) is 24.3 Å². The van der Waals surface area contributed by atoms with Crippen LogP contribution in [-0.2, 0) is 28.0 Å². The maximum Gasteiger partial charge on any atom is 0.472 e. The number of hydrogen-bond acceptors (Lipinski definition) is 8. The Balaban J connectivity index is 4.84. The van der Waals surface area contributed by atoms with E-state index in [1.54, 1.807) is 0 Å². The van der Waals surface area contributed by atoms with Crippen molar-refractivity contribution in [2.75, 3.05) is 19.8 Å². The van der Waals surface area contributed by atoms with Crippen LogP contribution in [0.1, 0.15) is 194 Å². The van der Waals surface area contributed by atoms with Gasteiger partial charge in [0.25, 0.3) is 0 Å². The molecule has 0 saturated heterocycles. The Morgan fingerprint density at radius 1 is 0.574 bits per heavy atom. The van der Waals surface area contributed by atoms with Crippen LogP contribution in [0.5, 0.6) is 0 Å². The molecule has 0 aromatic rings. The Kier molecular flexibility index (Phi) is 35.5. The third kappa shape index (κ3) is 31.3. The second-order valence-electron chi connectivity index (χ2n) is 14.6. The first-order chi connectivity index (χ1) is 26.1. The molecule has 0 spiro atoms. The molecular weight excluding hydrogens is 709 g/mol. The molecule has 0 aliphatic heterocycles. The van der Waals surface area contributed by atoms with Gasteiger partial charge in [-0.1, -0.05) is 141 Å². The number of aliphatic hydroxyl groups is 2. The third-order valence-corrected chi connectivity index (χ3v) is 10.4. The van der Waals surface area contributed by atoms with Crippen LogP contribution in [-0.4, -0.2) is 74.9 Å². The van der Waals surface area contributed by atoms with Crippen LogP contribution in [0.25, 0.3) is 0 Å². The lowest BCUT2D eigenvalue weighted by molar-refractivity contribution is -0.159. The maximum atomic E-state index is 13.4. The van der Waals surface area contributed by atoms with E-state index in [1.807, 2.05) is 0 Å². The number of phosphoric acid groups is 1. The average Bonchev–Trinajstić information content (AvgIpc) is 3.15. The predicted molar refractivity (Wildman–Crippen MR) is 217 cm³/mol. The number of carboxylic acid groups (broad SMARTS) is 1. The van der Waals surface area contributed by atoms with Crippen LogP contribution in [0.4, 0.5) is 0 Å². The van der Waals surface area contributed by atoms with Crippen LogP contribution >= 0.6 is 7.82 Å². The summed E-state index contributed by atoms with van der Waals surface area (Å²) in [5.74, 6) is -2.88. The number of carboxylic acids is 1. The van der Waals surface area contributed by atoms with Crippen molar-refractivity contribution < 1.29 is 48.2 Å². The standard InChI is InChI=1S/C42H78NO10P/c1-3-5-7-9-11-13-15-17-19-21-23-25-27-29-31-33-40(46)43(39(42(48)49)37-53-54(50,51)52-36-38(45)35-44)41(47)34-32-30-28-26-24-22-20-18-16-14-12-10-8-6-4-2/h17-20,38-39,44-45H,3-16,21-37H2,1-2H3,(H,48,49)(H,50,51)/b19-17-,20-18-/t38?,39-/m0/s1. The molecule has 11 nitrogen and oxygen atoms in total. The minimum Gasteiger partial charge on any atom is -0.480 e. The number of amides is 2. The number of allylic oxidation sites excluding steroid dienone is 4. The highest BCUT2D eigenvalue weighted by atomic mass is 31.2. The van der Waals surface area contributed by atoms with Crippen LogP contribution in [0, 0.1) is 0 Å². The smallest absolute Gasteiger partial charge is 0.472 e. The van der Waals surface area contributed by atoms with Crippen molar-refractivity contribution >= 4 is 25.6 Å². The second-order valence-corrected chi connectivity index (χ2v) is 16.0. The van der Waals surface area contributed by atoms with Gasteiger partial charge in [-0.25, -0.2) is 9.36 Å². The van der Waals surface area contributed by atoms with Gasteiger partial charge in [0.15, 0.2) is 6.04 Å². The van der Waals surface area contributed by atoms with Gasteiger partial charge in [-0.15, -0.1) is 0 Å². The Bertz CT molecular complexity index is 985. The summed E-state index contributed by atoms with van der Waals surface area (Å²) in [6, 6.07) is -1.83. The number of carbonyl (C=O) groups excluding carboxylic acids is 2. The van der Waals surface area contributed by atoms with E-state index in [0.717, 1.165) is 77.0 Å². The van der Waals surface area contributed by atoms with E-state index >= 15 is 0 Å². The molecule has 0 aromatic carbocycles. The largest absolute Gasteiger partial charge is 0.480 e. The first kappa shape index (κ1) is 52.1. The molecule has 0 aromatic heterocycles. The second kappa shape index (κ2) is 36.7. The zero-order chi connectivity index (χ0) is 40.1. The van der Waals surface area contributed by atoms with E-state index in [2.05, 4.69) is 42.7 Å². The van der Waals surface area contributed by atoms with Gasteiger partial charge >= 0.3 is 13.8 Å². The highest BCUT2D eigenvalue weighted by Crippen LogP contribution is 2.43. The summed E-state index contributed by atoms with van der Waals surface area (Å²) in [6.07, 6.45) is 35.7. The first-order valence-corrected chi connectivity index (χ1v) is 22.9. The monoisotopic (exact) mass is 788 g/mol. The molecule has 0 radical (unpaired) electrons. The molecule has 0 rings (SSSR count). The number of nitrogens with zero attached hydrogens (tertiary/aromatic N) is 1. The molecule has 54 heavy (non-hydrogen) atoms. The van der Waals surface area contributed by atoms with Gasteiger partial charge in [-0.2, -0.15) is 0 Å². The zero-order valence-electron chi connectivity index (χ0n) is 34.0. The van der Waals surface area contributed by atoms with E-state index in [9.17, 15) is 34.1 Å². The lowest BCUT2D eigenvalue weighted by atomic mass is 10.1.